The molecule has 1 rings (SSSR count). The van der Waals surface area contributed by atoms with Crippen LogP contribution in [0.3, 0.4) is 0 Å². The largest absolute Gasteiger partial charge is 0.271 e. The average Bonchev–Trinajstić information content (AvgIpc) is 2.47. The van der Waals surface area contributed by atoms with Crippen molar-refractivity contribution >= 4 is 34.5 Å². The molecule has 0 aromatic carbocycles. The molecule has 3 N–H and O–H groups in total. The van der Waals surface area contributed by atoms with Crippen LogP contribution in [0.15, 0.2) is 6.07 Å². The van der Waals surface area contributed by atoms with E-state index in [1.54, 1.807) is 0 Å². The van der Waals surface area contributed by atoms with Crippen LogP contribution in [0.2, 0.25) is 8.67 Å². The summed E-state index contributed by atoms with van der Waals surface area (Å²) < 4.78 is 1.32. The van der Waals surface area contributed by atoms with Crippen LogP contribution in [0, 0.1) is 12.3 Å². The smallest absolute Gasteiger partial charge is 0.0992 e. The molecule has 0 saturated carbocycles. The Bertz CT molecular complexity index is 343. The van der Waals surface area contributed by atoms with E-state index in [0.717, 1.165) is 12.0 Å². The molecule has 1 aromatic heterocycles. The maximum atomic E-state index is 5.98. The summed E-state index contributed by atoms with van der Waals surface area (Å²) in [6.07, 6.45) is 6.58. The zero-order chi connectivity index (χ0) is 10.6. The fourth-order valence-electron chi connectivity index (χ4n) is 1.15. The van der Waals surface area contributed by atoms with E-state index in [1.165, 1.54) is 11.3 Å². The van der Waals surface area contributed by atoms with E-state index in [0.29, 0.717) is 15.1 Å². The van der Waals surface area contributed by atoms with Crippen LogP contribution in [-0.2, 0) is 0 Å². The van der Waals surface area contributed by atoms with E-state index in [-0.39, 0.29) is 6.04 Å². The minimum absolute atomic E-state index is 0.0256. The topological polar surface area (TPSA) is 38.0 Å². The van der Waals surface area contributed by atoms with Crippen molar-refractivity contribution in [3.05, 3.63) is 20.3 Å². The Morgan fingerprint density at radius 3 is 2.79 bits per heavy atom. The second-order valence-corrected chi connectivity index (χ2v) is 5.03. The number of rotatable bonds is 4. The summed E-state index contributed by atoms with van der Waals surface area (Å²) in [5, 5.41) is 0. The number of hydrogen-bond donors (Lipinski definition) is 2. The maximum Gasteiger partial charge on any atom is 0.0992 e. The van der Waals surface area contributed by atoms with Crippen LogP contribution in [0.5, 0.6) is 0 Å². The van der Waals surface area contributed by atoms with Gasteiger partial charge in [0, 0.05) is 18.0 Å². The van der Waals surface area contributed by atoms with E-state index >= 15 is 0 Å². The normalized spacial score (nSPS) is 12.4. The van der Waals surface area contributed by atoms with Crippen LogP contribution < -0.4 is 11.3 Å². The third-order valence-corrected chi connectivity index (χ3v) is 3.36. The monoisotopic (exact) mass is 248 g/mol. The second-order valence-electron chi connectivity index (χ2n) is 2.74. The summed E-state index contributed by atoms with van der Waals surface area (Å²) >= 11 is 13.1. The predicted octanol–water partition coefficient (Wildman–Crippen LogP) is 2.97. The van der Waals surface area contributed by atoms with Crippen molar-refractivity contribution in [1.29, 1.82) is 0 Å². The molecule has 2 nitrogen and oxygen atoms in total. The summed E-state index contributed by atoms with van der Waals surface area (Å²) in [6, 6.07) is 1.79. The first-order valence-electron chi connectivity index (χ1n) is 4.03. The quantitative estimate of drug-likeness (QED) is 0.489. The van der Waals surface area contributed by atoms with Crippen LogP contribution >= 0.6 is 34.5 Å². The fraction of sp³-hybridized carbons (Fsp3) is 0.333. The van der Waals surface area contributed by atoms with Crippen LogP contribution in [-0.4, -0.2) is 0 Å². The Labute approximate surface area is 97.4 Å². The minimum atomic E-state index is -0.0256. The SMILES string of the molecule is C#CCCC(NN)c1cc(Cl)sc1Cl. The van der Waals surface area contributed by atoms with Crippen molar-refractivity contribution in [2.45, 2.75) is 18.9 Å². The number of hydrogen-bond acceptors (Lipinski definition) is 3. The lowest BCUT2D eigenvalue weighted by Crippen LogP contribution is -2.27. The molecule has 0 radical (unpaired) electrons. The number of hydrazine groups is 1. The van der Waals surface area contributed by atoms with Gasteiger partial charge in [-0.3, -0.25) is 11.3 Å². The van der Waals surface area contributed by atoms with Gasteiger partial charge in [-0.1, -0.05) is 23.2 Å². The first kappa shape index (κ1) is 11.8. The van der Waals surface area contributed by atoms with Gasteiger partial charge >= 0.3 is 0 Å². The number of nitrogens with two attached hydrogens (primary N) is 1. The van der Waals surface area contributed by atoms with E-state index < -0.39 is 0 Å². The van der Waals surface area contributed by atoms with Crippen molar-refractivity contribution in [1.82, 2.24) is 5.43 Å². The van der Waals surface area contributed by atoms with Crippen molar-refractivity contribution in [2.75, 3.05) is 0 Å². The molecule has 0 spiro atoms. The minimum Gasteiger partial charge on any atom is -0.271 e. The third-order valence-electron chi connectivity index (χ3n) is 1.84. The van der Waals surface area contributed by atoms with Gasteiger partial charge in [0.25, 0.3) is 0 Å². The van der Waals surface area contributed by atoms with Crippen molar-refractivity contribution in [3.8, 4) is 12.3 Å². The number of terminal acetylenes is 1. The Kier molecular flexibility index (Phi) is 4.73. The summed E-state index contributed by atoms with van der Waals surface area (Å²) in [7, 11) is 0. The third kappa shape index (κ3) is 2.88. The molecule has 0 aliphatic carbocycles. The molecule has 0 fully saturated rings. The first-order chi connectivity index (χ1) is 6.69. The first-order valence-corrected chi connectivity index (χ1v) is 5.60. The number of nitrogens with one attached hydrogen (secondary N) is 1. The molecule has 0 bridgehead atoms. The second kappa shape index (κ2) is 5.59. The molecule has 0 saturated heterocycles. The standard InChI is InChI=1S/C9H10Cl2N2S/c1-2-3-4-7(13-12)6-5-8(10)14-9(6)11/h1,5,7,13H,3-4,12H2. The highest BCUT2D eigenvalue weighted by Crippen LogP contribution is 2.36. The average molecular weight is 249 g/mol. The lowest BCUT2D eigenvalue weighted by Gasteiger charge is -2.13. The van der Waals surface area contributed by atoms with Gasteiger partial charge in [0.15, 0.2) is 0 Å². The maximum absolute atomic E-state index is 5.98. The zero-order valence-electron chi connectivity index (χ0n) is 7.39. The predicted molar refractivity (Wildman–Crippen MR) is 62.5 cm³/mol. The van der Waals surface area contributed by atoms with E-state index in [2.05, 4.69) is 11.3 Å². The van der Waals surface area contributed by atoms with Gasteiger partial charge in [-0.2, -0.15) is 0 Å². The Morgan fingerprint density at radius 2 is 2.36 bits per heavy atom. The molecular formula is C9H10Cl2N2S. The molecule has 76 valence electrons. The summed E-state index contributed by atoms with van der Waals surface area (Å²) in [4.78, 5) is 0. The summed E-state index contributed by atoms with van der Waals surface area (Å²) in [5.74, 6) is 7.97. The molecule has 0 amide bonds. The van der Waals surface area contributed by atoms with Gasteiger partial charge in [0.05, 0.1) is 8.67 Å². The van der Waals surface area contributed by atoms with Crippen LogP contribution in [0.1, 0.15) is 24.4 Å². The lowest BCUT2D eigenvalue weighted by molar-refractivity contribution is 0.525. The number of thiophene rings is 1. The Balaban J connectivity index is 2.79. The van der Waals surface area contributed by atoms with Gasteiger partial charge < -0.3 is 0 Å². The Hall–Kier alpha value is -0.240. The number of halogens is 2. The van der Waals surface area contributed by atoms with Gasteiger partial charge in [-0.05, 0) is 12.5 Å². The summed E-state index contributed by atoms with van der Waals surface area (Å²) in [5.41, 5.74) is 3.59. The molecule has 0 aliphatic rings. The Morgan fingerprint density at radius 1 is 1.64 bits per heavy atom. The molecule has 5 heteroatoms. The highest BCUT2D eigenvalue weighted by molar-refractivity contribution is 7.20. The fourth-order valence-corrected chi connectivity index (χ4v) is 2.73. The van der Waals surface area contributed by atoms with Crippen molar-refractivity contribution in [2.24, 2.45) is 5.84 Å². The highest BCUT2D eigenvalue weighted by atomic mass is 35.5. The summed E-state index contributed by atoms with van der Waals surface area (Å²) in [6.45, 7) is 0. The van der Waals surface area contributed by atoms with E-state index in [9.17, 15) is 0 Å². The molecular weight excluding hydrogens is 239 g/mol. The van der Waals surface area contributed by atoms with Gasteiger partial charge in [0.1, 0.15) is 0 Å². The molecule has 1 unspecified atom stereocenters. The molecule has 1 aromatic rings. The van der Waals surface area contributed by atoms with Crippen LogP contribution in [0.4, 0.5) is 0 Å². The van der Waals surface area contributed by atoms with Crippen molar-refractivity contribution in [3.63, 3.8) is 0 Å². The lowest BCUT2D eigenvalue weighted by atomic mass is 10.1. The van der Waals surface area contributed by atoms with Gasteiger partial charge in [-0.25, -0.2) is 0 Å². The molecule has 14 heavy (non-hydrogen) atoms. The van der Waals surface area contributed by atoms with Crippen molar-refractivity contribution < 1.29 is 0 Å². The van der Waals surface area contributed by atoms with E-state index in [4.69, 9.17) is 35.5 Å². The zero-order valence-corrected chi connectivity index (χ0v) is 9.72. The molecule has 1 heterocycles. The van der Waals surface area contributed by atoms with Crippen LogP contribution in [0.25, 0.3) is 0 Å². The van der Waals surface area contributed by atoms with Gasteiger partial charge in [0.2, 0.25) is 0 Å². The molecule has 0 aliphatic heterocycles. The molecule has 1 atom stereocenters. The highest BCUT2D eigenvalue weighted by Gasteiger charge is 2.15. The van der Waals surface area contributed by atoms with E-state index in [1.807, 2.05) is 6.07 Å². The van der Waals surface area contributed by atoms with Gasteiger partial charge in [-0.15, -0.1) is 23.7 Å².